The molecule has 1 heterocycles. The number of hydrogen-bond donors (Lipinski definition) is 1. The summed E-state index contributed by atoms with van der Waals surface area (Å²) in [7, 11) is 0. The molecular weight excluding hydrogens is 255 g/mol. The predicted molar refractivity (Wildman–Crippen MR) is 71.3 cm³/mol. The zero-order chi connectivity index (χ0) is 14.3. The van der Waals surface area contributed by atoms with Crippen LogP contribution in [0.3, 0.4) is 0 Å². The maximum atomic E-state index is 12.7. The highest BCUT2D eigenvalue weighted by Gasteiger charge is 2.34. The van der Waals surface area contributed by atoms with Crippen molar-refractivity contribution in [1.82, 2.24) is 15.1 Å². The number of halogens is 3. The van der Waals surface area contributed by atoms with Gasteiger partial charge in [0, 0.05) is 19.1 Å². The van der Waals surface area contributed by atoms with Crippen LogP contribution in [-0.2, 0) is 0 Å². The number of likely N-dealkylation sites (N-methyl/N-ethyl adjacent to an activating group) is 1. The molecule has 0 atom stereocenters. The van der Waals surface area contributed by atoms with Gasteiger partial charge in [-0.2, -0.15) is 13.2 Å². The summed E-state index contributed by atoms with van der Waals surface area (Å²) >= 11 is 0. The molecule has 3 nitrogen and oxygen atoms in total. The maximum absolute atomic E-state index is 12.7. The third-order valence-corrected chi connectivity index (χ3v) is 3.81. The molecule has 0 aromatic rings. The molecule has 1 fully saturated rings. The van der Waals surface area contributed by atoms with Gasteiger partial charge in [-0.15, -0.1) is 0 Å². The Bertz CT molecular complexity index is 236. The average Bonchev–Trinajstić information content (AvgIpc) is 2.38. The fraction of sp³-hybridized carbons (Fsp3) is 1.00. The van der Waals surface area contributed by atoms with Crippen LogP contribution in [0.1, 0.15) is 26.7 Å². The number of hydrogen-bond acceptors (Lipinski definition) is 3. The average molecular weight is 281 g/mol. The smallest absolute Gasteiger partial charge is 0.317 e. The van der Waals surface area contributed by atoms with E-state index in [1.807, 2.05) is 13.8 Å². The van der Waals surface area contributed by atoms with Gasteiger partial charge in [0.25, 0.3) is 0 Å². The molecule has 0 unspecified atom stereocenters. The second kappa shape index (κ2) is 8.07. The molecule has 1 saturated heterocycles. The first kappa shape index (κ1) is 16.7. The molecule has 114 valence electrons. The molecule has 1 aliphatic heterocycles. The fourth-order valence-corrected chi connectivity index (χ4v) is 2.60. The Kier molecular flexibility index (Phi) is 7.10. The van der Waals surface area contributed by atoms with Gasteiger partial charge in [-0.05, 0) is 39.0 Å². The second-order valence-electron chi connectivity index (χ2n) is 5.09. The van der Waals surface area contributed by atoms with Gasteiger partial charge < -0.3 is 10.2 Å². The van der Waals surface area contributed by atoms with Crippen molar-refractivity contribution >= 4 is 0 Å². The van der Waals surface area contributed by atoms with Crippen molar-refractivity contribution in [2.45, 2.75) is 38.9 Å². The minimum atomic E-state index is -4.10. The molecule has 1 aliphatic rings. The van der Waals surface area contributed by atoms with Crippen LogP contribution in [-0.4, -0.2) is 67.8 Å². The lowest BCUT2D eigenvalue weighted by Crippen LogP contribution is -2.49. The van der Waals surface area contributed by atoms with E-state index >= 15 is 0 Å². The molecule has 0 aromatic carbocycles. The Hall–Kier alpha value is -0.330. The van der Waals surface area contributed by atoms with Gasteiger partial charge in [-0.1, -0.05) is 13.8 Å². The van der Waals surface area contributed by atoms with Crippen molar-refractivity contribution in [3.8, 4) is 0 Å². The lowest BCUT2D eigenvalue weighted by Gasteiger charge is -2.36. The van der Waals surface area contributed by atoms with Gasteiger partial charge in [0.1, 0.15) is 0 Å². The zero-order valence-electron chi connectivity index (χ0n) is 12.0. The van der Waals surface area contributed by atoms with Crippen molar-refractivity contribution < 1.29 is 13.2 Å². The van der Waals surface area contributed by atoms with Gasteiger partial charge in [0.05, 0.1) is 6.54 Å². The van der Waals surface area contributed by atoms with Gasteiger partial charge in [0.2, 0.25) is 0 Å². The first-order valence-electron chi connectivity index (χ1n) is 7.20. The summed E-state index contributed by atoms with van der Waals surface area (Å²) in [6.07, 6.45) is -2.48. The van der Waals surface area contributed by atoms with Crippen LogP contribution in [0.15, 0.2) is 0 Å². The van der Waals surface area contributed by atoms with Gasteiger partial charge >= 0.3 is 6.18 Å². The minimum absolute atomic E-state index is 0.0680. The van der Waals surface area contributed by atoms with Gasteiger partial charge in [-0.25, -0.2) is 0 Å². The summed E-state index contributed by atoms with van der Waals surface area (Å²) in [5.41, 5.74) is 0. The number of piperidine rings is 1. The molecule has 0 bridgehead atoms. The van der Waals surface area contributed by atoms with Crippen LogP contribution >= 0.6 is 0 Å². The maximum Gasteiger partial charge on any atom is 0.401 e. The largest absolute Gasteiger partial charge is 0.401 e. The van der Waals surface area contributed by atoms with Crippen molar-refractivity contribution in [1.29, 1.82) is 0 Å². The Morgan fingerprint density at radius 3 is 2.11 bits per heavy atom. The Morgan fingerprint density at radius 2 is 1.63 bits per heavy atom. The molecule has 0 radical (unpaired) electrons. The summed E-state index contributed by atoms with van der Waals surface area (Å²) in [5, 5.41) is 3.20. The summed E-state index contributed by atoms with van der Waals surface area (Å²) in [6.45, 7) is 7.96. The van der Waals surface area contributed by atoms with Crippen LogP contribution in [0.25, 0.3) is 0 Å². The van der Waals surface area contributed by atoms with Crippen molar-refractivity contribution in [3.63, 3.8) is 0 Å². The summed E-state index contributed by atoms with van der Waals surface area (Å²) in [5.74, 6) is 0. The third kappa shape index (κ3) is 6.58. The highest BCUT2D eigenvalue weighted by Crippen LogP contribution is 2.21. The van der Waals surface area contributed by atoms with Crippen LogP contribution in [0.4, 0.5) is 13.2 Å². The van der Waals surface area contributed by atoms with E-state index in [-0.39, 0.29) is 6.04 Å². The number of nitrogens with zero attached hydrogens (tertiary/aromatic N) is 2. The normalized spacial score (nSPS) is 18.5. The van der Waals surface area contributed by atoms with E-state index in [9.17, 15) is 13.2 Å². The molecule has 1 N–H and O–H groups in total. The fourth-order valence-electron chi connectivity index (χ4n) is 2.60. The monoisotopic (exact) mass is 281 g/mol. The van der Waals surface area contributed by atoms with E-state index in [1.165, 1.54) is 0 Å². The Labute approximate surface area is 114 Å². The van der Waals surface area contributed by atoms with E-state index in [4.69, 9.17) is 0 Å². The first-order valence-corrected chi connectivity index (χ1v) is 7.20. The van der Waals surface area contributed by atoms with E-state index < -0.39 is 12.7 Å². The minimum Gasteiger partial charge on any atom is -0.317 e. The Balaban J connectivity index is 2.52. The van der Waals surface area contributed by atoms with E-state index in [1.54, 1.807) is 4.90 Å². The van der Waals surface area contributed by atoms with Gasteiger partial charge in [-0.3, -0.25) is 4.90 Å². The SMILES string of the molecule is CCN(CC)CCN(CC(F)(F)F)C1CCNCC1. The van der Waals surface area contributed by atoms with Crippen LogP contribution in [0, 0.1) is 0 Å². The molecule has 0 aliphatic carbocycles. The van der Waals surface area contributed by atoms with Crippen molar-refractivity contribution in [2.75, 3.05) is 45.8 Å². The lowest BCUT2D eigenvalue weighted by atomic mass is 10.0. The molecule has 0 amide bonds. The first-order chi connectivity index (χ1) is 8.96. The van der Waals surface area contributed by atoms with E-state index in [0.717, 1.165) is 39.0 Å². The summed E-state index contributed by atoms with van der Waals surface area (Å²) < 4.78 is 38.0. The molecular formula is C13H26F3N3. The summed E-state index contributed by atoms with van der Waals surface area (Å²) in [6, 6.07) is 0.0680. The highest BCUT2D eigenvalue weighted by molar-refractivity contribution is 4.80. The third-order valence-electron chi connectivity index (χ3n) is 3.81. The van der Waals surface area contributed by atoms with Crippen molar-refractivity contribution in [2.24, 2.45) is 0 Å². The quantitative estimate of drug-likeness (QED) is 0.769. The van der Waals surface area contributed by atoms with Crippen LogP contribution in [0.2, 0.25) is 0 Å². The molecule has 0 aromatic heterocycles. The lowest BCUT2D eigenvalue weighted by molar-refractivity contribution is -0.152. The number of nitrogens with one attached hydrogen (secondary N) is 1. The summed E-state index contributed by atoms with van der Waals surface area (Å²) in [4.78, 5) is 3.80. The molecule has 0 saturated carbocycles. The molecule has 0 spiro atoms. The second-order valence-corrected chi connectivity index (χ2v) is 5.09. The molecule has 19 heavy (non-hydrogen) atoms. The topological polar surface area (TPSA) is 18.5 Å². The number of alkyl halides is 3. The van der Waals surface area contributed by atoms with Crippen molar-refractivity contribution in [3.05, 3.63) is 0 Å². The number of rotatable bonds is 7. The standard InChI is InChI=1S/C13H26F3N3/c1-3-18(4-2)9-10-19(11-13(14,15)16)12-5-7-17-8-6-12/h12,17H,3-11H2,1-2H3. The molecule has 1 rings (SSSR count). The van der Waals surface area contributed by atoms with Gasteiger partial charge in [0.15, 0.2) is 0 Å². The van der Waals surface area contributed by atoms with E-state index in [0.29, 0.717) is 13.1 Å². The highest BCUT2D eigenvalue weighted by atomic mass is 19.4. The zero-order valence-corrected chi connectivity index (χ0v) is 12.0. The Morgan fingerprint density at radius 1 is 1.05 bits per heavy atom. The van der Waals surface area contributed by atoms with E-state index in [2.05, 4.69) is 10.2 Å². The molecule has 6 heteroatoms. The van der Waals surface area contributed by atoms with Crippen LogP contribution in [0.5, 0.6) is 0 Å². The predicted octanol–water partition coefficient (Wildman–Crippen LogP) is 1.94. The van der Waals surface area contributed by atoms with Crippen LogP contribution < -0.4 is 5.32 Å².